The summed E-state index contributed by atoms with van der Waals surface area (Å²) in [6, 6.07) is 0. The predicted octanol–water partition coefficient (Wildman–Crippen LogP) is 2.64. The smallest absolute Gasteiger partial charge is 0.0827 e. The molecule has 0 aromatic heterocycles. The second-order valence-electron chi connectivity index (χ2n) is 4.95. The average Bonchev–Trinajstić information content (AvgIpc) is 2.26. The van der Waals surface area contributed by atoms with Crippen molar-refractivity contribution in [1.29, 1.82) is 0 Å². The predicted molar refractivity (Wildman–Crippen MR) is 62.6 cm³/mol. The first kappa shape index (κ1) is 12.7. The fourth-order valence-electron chi connectivity index (χ4n) is 2.35. The van der Waals surface area contributed by atoms with Gasteiger partial charge in [0.25, 0.3) is 0 Å². The molecule has 2 unspecified atom stereocenters. The summed E-state index contributed by atoms with van der Waals surface area (Å²) in [5.74, 6) is 0.318. The fraction of sp³-hybridized carbons (Fsp3) is 0.846. The summed E-state index contributed by atoms with van der Waals surface area (Å²) in [5, 5.41) is 19.8. The Kier molecular flexibility index (Phi) is 5.34. The molecule has 0 spiro atoms. The molecule has 2 nitrogen and oxygen atoms in total. The average molecular weight is 212 g/mol. The van der Waals surface area contributed by atoms with Crippen LogP contribution in [0.1, 0.15) is 51.9 Å². The molecule has 2 atom stereocenters. The number of allylic oxidation sites excluding steroid dienone is 1. The largest absolute Gasteiger partial charge is 0.390 e. The maximum atomic E-state index is 9.98. The molecule has 0 aromatic rings. The van der Waals surface area contributed by atoms with Gasteiger partial charge in [-0.05, 0) is 38.5 Å². The van der Waals surface area contributed by atoms with Crippen molar-refractivity contribution in [2.24, 2.45) is 5.92 Å². The highest BCUT2D eigenvalue weighted by atomic mass is 16.3. The summed E-state index contributed by atoms with van der Waals surface area (Å²) in [6.07, 6.45) is 6.21. The Labute approximate surface area is 93.0 Å². The van der Waals surface area contributed by atoms with E-state index in [0.29, 0.717) is 12.3 Å². The molecular formula is C13H24O2. The van der Waals surface area contributed by atoms with Gasteiger partial charge in [-0.1, -0.05) is 24.8 Å². The highest BCUT2D eigenvalue weighted by Gasteiger charge is 2.27. The summed E-state index contributed by atoms with van der Waals surface area (Å²) < 4.78 is 0. The second-order valence-corrected chi connectivity index (χ2v) is 4.95. The molecule has 88 valence electrons. The zero-order chi connectivity index (χ0) is 11.3. The van der Waals surface area contributed by atoms with E-state index in [4.69, 9.17) is 0 Å². The normalized spacial score (nSPS) is 22.3. The summed E-state index contributed by atoms with van der Waals surface area (Å²) in [4.78, 5) is 0. The number of hydrogen-bond donors (Lipinski definition) is 2. The van der Waals surface area contributed by atoms with Gasteiger partial charge in [0, 0.05) is 0 Å². The van der Waals surface area contributed by atoms with Gasteiger partial charge in [0.1, 0.15) is 0 Å². The fourth-order valence-corrected chi connectivity index (χ4v) is 2.35. The first-order valence-corrected chi connectivity index (χ1v) is 6.11. The standard InChI is InChI=1S/C13H24O2/c1-10(2)8-9-12(14)13(15)11-6-4-3-5-7-11/h11-15H,1,3-9H2,2H3. The van der Waals surface area contributed by atoms with E-state index in [9.17, 15) is 10.2 Å². The van der Waals surface area contributed by atoms with Gasteiger partial charge in [0.2, 0.25) is 0 Å². The molecule has 1 rings (SSSR count). The molecule has 0 aromatic carbocycles. The second kappa shape index (κ2) is 6.29. The third-order valence-corrected chi connectivity index (χ3v) is 3.39. The Bertz CT molecular complexity index is 195. The zero-order valence-electron chi connectivity index (χ0n) is 9.78. The minimum atomic E-state index is -0.565. The Balaban J connectivity index is 2.30. The molecule has 0 heterocycles. The molecule has 1 aliphatic carbocycles. The van der Waals surface area contributed by atoms with Crippen LogP contribution in [-0.2, 0) is 0 Å². The Morgan fingerprint density at radius 1 is 1.27 bits per heavy atom. The van der Waals surface area contributed by atoms with Crippen molar-refractivity contribution in [2.45, 2.75) is 64.1 Å². The van der Waals surface area contributed by atoms with Gasteiger partial charge in [0.15, 0.2) is 0 Å². The molecule has 0 bridgehead atoms. The summed E-state index contributed by atoms with van der Waals surface area (Å²) in [6.45, 7) is 5.76. The minimum absolute atomic E-state index is 0.318. The van der Waals surface area contributed by atoms with Gasteiger partial charge in [-0.25, -0.2) is 0 Å². The van der Waals surface area contributed by atoms with E-state index in [1.54, 1.807) is 0 Å². The van der Waals surface area contributed by atoms with Crippen LogP contribution in [-0.4, -0.2) is 22.4 Å². The van der Waals surface area contributed by atoms with Crippen LogP contribution in [0.25, 0.3) is 0 Å². The van der Waals surface area contributed by atoms with E-state index in [2.05, 4.69) is 6.58 Å². The number of rotatable bonds is 5. The summed E-state index contributed by atoms with van der Waals surface area (Å²) >= 11 is 0. The van der Waals surface area contributed by atoms with E-state index in [-0.39, 0.29) is 0 Å². The van der Waals surface area contributed by atoms with Crippen LogP contribution < -0.4 is 0 Å². The highest BCUT2D eigenvalue weighted by Crippen LogP contribution is 2.28. The Hall–Kier alpha value is -0.340. The van der Waals surface area contributed by atoms with Gasteiger partial charge in [-0.15, -0.1) is 6.58 Å². The lowest BCUT2D eigenvalue weighted by Gasteiger charge is -2.29. The molecule has 1 fully saturated rings. The van der Waals surface area contributed by atoms with Crippen LogP contribution >= 0.6 is 0 Å². The van der Waals surface area contributed by atoms with Crippen molar-refractivity contribution in [3.8, 4) is 0 Å². The third-order valence-electron chi connectivity index (χ3n) is 3.39. The van der Waals surface area contributed by atoms with Gasteiger partial charge >= 0.3 is 0 Å². The molecule has 1 aliphatic rings. The molecule has 0 radical (unpaired) electrons. The maximum absolute atomic E-state index is 9.98. The Morgan fingerprint density at radius 2 is 1.87 bits per heavy atom. The highest BCUT2D eigenvalue weighted by molar-refractivity contribution is 4.90. The van der Waals surface area contributed by atoms with Crippen LogP contribution in [0.5, 0.6) is 0 Å². The van der Waals surface area contributed by atoms with Crippen molar-refractivity contribution in [3.05, 3.63) is 12.2 Å². The lowest BCUT2D eigenvalue weighted by molar-refractivity contribution is -0.0302. The Morgan fingerprint density at radius 3 is 2.40 bits per heavy atom. The number of hydrogen-bond acceptors (Lipinski definition) is 2. The molecule has 0 saturated heterocycles. The molecular weight excluding hydrogens is 188 g/mol. The first-order chi connectivity index (χ1) is 7.11. The van der Waals surface area contributed by atoms with Crippen LogP contribution in [0.2, 0.25) is 0 Å². The van der Waals surface area contributed by atoms with Gasteiger partial charge in [-0.2, -0.15) is 0 Å². The van der Waals surface area contributed by atoms with E-state index in [1.807, 2.05) is 6.92 Å². The lowest BCUT2D eigenvalue weighted by Crippen LogP contribution is -2.34. The van der Waals surface area contributed by atoms with Crippen molar-refractivity contribution in [3.63, 3.8) is 0 Å². The first-order valence-electron chi connectivity index (χ1n) is 6.11. The van der Waals surface area contributed by atoms with Crippen LogP contribution in [0.4, 0.5) is 0 Å². The molecule has 1 saturated carbocycles. The van der Waals surface area contributed by atoms with Crippen LogP contribution in [0.3, 0.4) is 0 Å². The molecule has 0 aliphatic heterocycles. The van der Waals surface area contributed by atoms with E-state index < -0.39 is 12.2 Å². The van der Waals surface area contributed by atoms with Crippen molar-refractivity contribution in [2.75, 3.05) is 0 Å². The van der Waals surface area contributed by atoms with E-state index in [0.717, 1.165) is 24.8 Å². The van der Waals surface area contributed by atoms with Gasteiger partial charge < -0.3 is 10.2 Å². The molecule has 2 heteroatoms. The third kappa shape index (κ3) is 4.35. The summed E-state index contributed by atoms with van der Waals surface area (Å²) in [5.41, 5.74) is 1.07. The van der Waals surface area contributed by atoms with Gasteiger partial charge in [0.05, 0.1) is 12.2 Å². The van der Waals surface area contributed by atoms with Gasteiger partial charge in [-0.3, -0.25) is 0 Å². The minimum Gasteiger partial charge on any atom is -0.390 e. The summed E-state index contributed by atoms with van der Waals surface area (Å²) in [7, 11) is 0. The monoisotopic (exact) mass is 212 g/mol. The number of aliphatic hydroxyl groups is 2. The van der Waals surface area contributed by atoms with Crippen molar-refractivity contribution < 1.29 is 10.2 Å². The SMILES string of the molecule is C=C(C)CCC(O)C(O)C1CCCCC1. The van der Waals surface area contributed by atoms with E-state index in [1.165, 1.54) is 19.3 Å². The lowest BCUT2D eigenvalue weighted by atomic mass is 9.82. The molecule has 15 heavy (non-hydrogen) atoms. The quantitative estimate of drug-likeness (QED) is 0.688. The molecule has 0 amide bonds. The van der Waals surface area contributed by atoms with Crippen molar-refractivity contribution >= 4 is 0 Å². The topological polar surface area (TPSA) is 40.5 Å². The van der Waals surface area contributed by atoms with Crippen LogP contribution in [0, 0.1) is 5.92 Å². The number of aliphatic hydroxyl groups excluding tert-OH is 2. The van der Waals surface area contributed by atoms with Crippen molar-refractivity contribution in [1.82, 2.24) is 0 Å². The molecule has 2 N–H and O–H groups in total. The maximum Gasteiger partial charge on any atom is 0.0827 e. The van der Waals surface area contributed by atoms with E-state index >= 15 is 0 Å². The van der Waals surface area contributed by atoms with Crippen LogP contribution in [0.15, 0.2) is 12.2 Å². The zero-order valence-corrected chi connectivity index (χ0v) is 9.78.